The number of esters is 1. The minimum atomic E-state index is -1.08. The average molecular weight is 249 g/mol. The molecule has 7 heteroatoms. The van der Waals surface area contributed by atoms with Gasteiger partial charge in [0.25, 0.3) is 0 Å². The Bertz CT molecular complexity index is 269. The molecule has 1 amide bonds. The molecule has 0 aliphatic rings. The minimum absolute atomic E-state index is 0.228. The molecule has 0 aromatic rings. The van der Waals surface area contributed by atoms with Crippen LogP contribution in [-0.2, 0) is 19.1 Å². The van der Waals surface area contributed by atoms with Crippen LogP contribution in [0.2, 0.25) is 0 Å². The summed E-state index contributed by atoms with van der Waals surface area (Å²) in [5, 5.41) is 11.1. The number of nitrogens with one attached hydrogen (secondary N) is 1. The summed E-state index contributed by atoms with van der Waals surface area (Å²) in [5.41, 5.74) is 0. The van der Waals surface area contributed by atoms with Crippen LogP contribution in [0.15, 0.2) is 0 Å². The molecule has 16 heavy (non-hydrogen) atoms. The highest BCUT2D eigenvalue weighted by atomic mass is 32.2. The van der Waals surface area contributed by atoms with Gasteiger partial charge in [-0.1, -0.05) is 0 Å². The number of carbonyl (C=O) groups excluding carboxylic acids is 2. The molecule has 0 spiro atoms. The largest absolute Gasteiger partial charge is 0.480 e. The maximum atomic E-state index is 10.7. The lowest BCUT2D eigenvalue weighted by atomic mass is 10.3. The Labute approximate surface area is 97.7 Å². The summed E-state index contributed by atoms with van der Waals surface area (Å²) < 4.78 is 4.43. The zero-order chi connectivity index (χ0) is 12.6. The Morgan fingerprint density at radius 2 is 2.06 bits per heavy atom. The first kappa shape index (κ1) is 14.8. The Kier molecular flexibility index (Phi) is 7.36. The molecule has 0 saturated heterocycles. The van der Waals surface area contributed by atoms with E-state index in [1.54, 1.807) is 0 Å². The fraction of sp³-hybridized carbons (Fsp3) is 0.667. The first-order valence-electron chi connectivity index (χ1n) is 4.61. The van der Waals surface area contributed by atoms with Crippen LogP contribution in [0.4, 0.5) is 0 Å². The van der Waals surface area contributed by atoms with Crippen LogP contribution in [0.25, 0.3) is 0 Å². The maximum absolute atomic E-state index is 10.7. The van der Waals surface area contributed by atoms with E-state index in [1.165, 1.54) is 25.8 Å². The zero-order valence-corrected chi connectivity index (χ0v) is 10.0. The van der Waals surface area contributed by atoms with Crippen LogP contribution in [0.5, 0.6) is 0 Å². The van der Waals surface area contributed by atoms with E-state index in [0.717, 1.165) is 0 Å². The molecular formula is C9H15NO5S. The Morgan fingerprint density at radius 1 is 1.44 bits per heavy atom. The van der Waals surface area contributed by atoms with Crippen molar-refractivity contribution in [1.29, 1.82) is 0 Å². The van der Waals surface area contributed by atoms with Gasteiger partial charge in [-0.2, -0.15) is 11.8 Å². The fourth-order valence-electron chi connectivity index (χ4n) is 0.879. The van der Waals surface area contributed by atoms with Gasteiger partial charge >= 0.3 is 11.9 Å². The van der Waals surface area contributed by atoms with Crippen molar-refractivity contribution in [3.8, 4) is 0 Å². The van der Waals surface area contributed by atoms with E-state index in [1.807, 2.05) is 0 Å². The Balaban J connectivity index is 3.81. The smallest absolute Gasteiger partial charge is 0.327 e. The average Bonchev–Trinajstić information content (AvgIpc) is 2.21. The number of carboxylic acids is 1. The van der Waals surface area contributed by atoms with E-state index in [-0.39, 0.29) is 24.1 Å². The van der Waals surface area contributed by atoms with Gasteiger partial charge in [-0.25, -0.2) is 4.79 Å². The number of aliphatic carboxylic acids is 1. The predicted octanol–water partition coefficient (Wildman–Crippen LogP) is -0.128. The quantitative estimate of drug-likeness (QED) is 0.482. The molecule has 0 heterocycles. The molecule has 0 aromatic carbocycles. The number of hydrogen-bond donors (Lipinski definition) is 2. The topological polar surface area (TPSA) is 92.7 Å². The van der Waals surface area contributed by atoms with Crippen molar-refractivity contribution in [1.82, 2.24) is 5.32 Å². The fourth-order valence-corrected chi connectivity index (χ4v) is 1.82. The van der Waals surface area contributed by atoms with Crippen molar-refractivity contribution >= 4 is 29.6 Å². The molecule has 0 fully saturated rings. The van der Waals surface area contributed by atoms with E-state index >= 15 is 0 Å². The Morgan fingerprint density at radius 3 is 2.50 bits per heavy atom. The van der Waals surface area contributed by atoms with E-state index < -0.39 is 12.0 Å². The van der Waals surface area contributed by atoms with Gasteiger partial charge in [-0.3, -0.25) is 9.59 Å². The highest BCUT2D eigenvalue weighted by Crippen LogP contribution is 2.06. The summed E-state index contributed by atoms with van der Waals surface area (Å²) >= 11 is 1.28. The van der Waals surface area contributed by atoms with Crippen molar-refractivity contribution < 1.29 is 24.2 Å². The molecule has 2 N–H and O–H groups in total. The van der Waals surface area contributed by atoms with E-state index in [4.69, 9.17) is 5.11 Å². The van der Waals surface area contributed by atoms with Crippen LogP contribution in [0, 0.1) is 0 Å². The lowest BCUT2D eigenvalue weighted by Gasteiger charge is -2.12. The second kappa shape index (κ2) is 7.98. The zero-order valence-electron chi connectivity index (χ0n) is 9.19. The summed E-state index contributed by atoms with van der Waals surface area (Å²) in [7, 11) is 1.30. The van der Waals surface area contributed by atoms with Gasteiger partial charge in [-0.05, 0) is 0 Å². The molecule has 1 unspecified atom stereocenters. The number of ether oxygens (including phenoxy) is 1. The summed E-state index contributed by atoms with van der Waals surface area (Å²) in [4.78, 5) is 32.1. The van der Waals surface area contributed by atoms with Crippen LogP contribution in [0.3, 0.4) is 0 Å². The SMILES string of the molecule is COC(=O)CCSCC(NC(C)=O)C(=O)O. The highest BCUT2D eigenvalue weighted by molar-refractivity contribution is 7.99. The third-order valence-corrected chi connectivity index (χ3v) is 2.70. The van der Waals surface area contributed by atoms with Gasteiger partial charge in [0.15, 0.2) is 0 Å². The number of methoxy groups -OCH3 is 1. The number of carbonyl (C=O) groups is 3. The van der Waals surface area contributed by atoms with Crippen molar-refractivity contribution in [2.75, 3.05) is 18.6 Å². The maximum Gasteiger partial charge on any atom is 0.327 e. The first-order chi connectivity index (χ1) is 7.47. The third-order valence-electron chi connectivity index (χ3n) is 1.64. The van der Waals surface area contributed by atoms with Crippen molar-refractivity contribution in [3.05, 3.63) is 0 Å². The number of thioether (sulfide) groups is 1. The lowest BCUT2D eigenvalue weighted by Crippen LogP contribution is -2.41. The standard InChI is InChI=1S/C9H15NO5S/c1-6(11)10-7(9(13)14)5-16-4-3-8(12)15-2/h7H,3-5H2,1-2H3,(H,10,11)(H,13,14). The Hall–Kier alpha value is -1.24. The monoisotopic (exact) mass is 249 g/mol. The van der Waals surface area contributed by atoms with Crippen molar-refractivity contribution in [3.63, 3.8) is 0 Å². The molecule has 92 valence electrons. The molecule has 0 aliphatic heterocycles. The van der Waals surface area contributed by atoms with E-state index in [0.29, 0.717) is 5.75 Å². The minimum Gasteiger partial charge on any atom is -0.480 e. The molecule has 0 rings (SSSR count). The third kappa shape index (κ3) is 7.10. The molecule has 6 nitrogen and oxygen atoms in total. The van der Waals surface area contributed by atoms with Crippen molar-refractivity contribution in [2.45, 2.75) is 19.4 Å². The normalized spacial score (nSPS) is 11.6. The number of hydrogen-bond acceptors (Lipinski definition) is 5. The summed E-state index contributed by atoms with van der Waals surface area (Å²) in [6, 6.07) is -0.917. The van der Waals surface area contributed by atoms with Crippen LogP contribution < -0.4 is 5.32 Å². The van der Waals surface area contributed by atoms with Crippen LogP contribution in [-0.4, -0.2) is 47.6 Å². The van der Waals surface area contributed by atoms with Gasteiger partial charge in [-0.15, -0.1) is 0 Å². The number of carboxylic acid groups (broad SMARTS) is 1. The van der Waals surface area contributed by atoms with Gasteiger partial charge in [0.2, 0.25) is 5.91 Å². The molecule has 0 aromatic heterocycles. The molecule has 0 aliphatic carbocycles. The number of amides is 1. The summed E-state index contributed by atoms with van der Waals surface area (Å²) in [5.74, 6) is -1.11. The molecular weight excluding hydrogens is 234 g/mol. The van der Waals surface area contributed by atoms with Crippen LogP contribution >= 0.6 is 11.8 Å². The first-order valence-corrected chi connectivity index (χ1v) is 5.77. The summed E-state index contributed by atoms with van der Waals surface area (Å²) in [6.45, 7) is 1.26. The second-order valence-corrected chi connectivity index (χ2v) is 4.14. The second-order valence-electron chi connectivity index (χ2n) is 2.99. The summed E-state index contributed by atoms with van der Waals surface area (Å²) in [6.07, 6.45) is 0.230. The molecule has 0 radical (unpaired) electrons. The van der Waals surface area contributed by atoms with E-state index in [9.17, 15) is 14.4 Å². The predicted molar refractivity (Wildman–Crippen MR) is 59.2 cm³/mol. The van der Waals surface area contributed by atoms with Crippen molar-refractivity contribution in [2.24, 2.45) is 0 Å². The lowest BCUT2D eigenvalue weighted by molar-refractivity contribution is -0.141. The molecule has 1 atom stereocenters. The van der Waals surface area contributed by atoms with Gasteiger partial charge in [0.05, 0.1) is 13.5 Å². The van der Waals surface area contributed by atoms with Gasteiger partial charge in [0.1, 0.15) is 6.04 Å². The van der Waals surface area contributed by atoms with E-state index in [2.05, 4.69) is 10.1 Å². The highest BCUT2D eigenvalue weighted by Gasteiger charge is 2.17. The molecule has 0 saturated carbocycles. The van der Waals surface area contributed by atoms with Gasteiger partial charge in [0, 0.05) is 18.4 Å². The van der Waals surface area contributed by atoms with Gasteiger partial charge < -0.3 is 15.2 Å². The molecule has 0 bridgehead atoms. The van der Waals surface area contributed by atoms with Crippen LogP contribution in [0.1, 0.15) is 13.3 Å². The number of rotatable bonds is 7.